The molecule has 0 aliphatic carbocycles. The Bertz CT molecular complexity index is 375. The zero-order valence-electron chi connectivity index (χ0n) is 9.90. The van der Waals surface area contributed by atoms with Gasteiger partial charge in [-0.1, -0.05) is 13.8 Å². The number of hydrogen-bond donors (Lipinski definition) is 1. The van der Waals surface area contributed by atoms with Crippen LogP contribution in [0.15, 0.2) is 12.3 Å². The second kappa shape index (κ2) is 5.96. The summed E-state index contributed by atoms with van der Waals surface area (Å²) in [6.45, 7) is 6.07. The average molecular weight is 218 g/mol. The van der Waals surface area contributed by atoms with Gasteiger partial charge in [-0.05, 0) is 18.9 Å². The number of nitrogens with two attached hydrogens (primary N) is 1. The summed E-state index contributed by atoms with van der Waals surface area (Å²) in [5.74, 6) is 0.750. The van der Waals surface area contributed by atoms with Gasteiger partial charge in [0.2, 0.25) is 0 Å². The van der Waals surface area contributed by atoms with E-state index in [4.69, 9.17) is 11.0 Å². The van der Waals surface area contributed by atoms with Gasteiger partial charge in [0.25, 0.3) is 0 Å². The molecule has 0 atom stereocenters. The lowest BCUT2D eigenvalue weighted by Crippen LogP contribution is -2.26. The van der Waals surface area contributed by atoms with Gasteiger partial charge in [0.15, 0.2) is 0 Å². The van der Waals surface area contributed by atoms with Gasteiger partial charge in [0, 0.05) is 13.1 Å². The Balaban J connectivity index is 3.03. The summed E-state index contributed by atoms with van der Waals surface area (Å²) in [7, 11) is 0. The zero-order chi connectivity index (χ0) is 12.0. The van der Waals surface area contributed by atoms with E-state index < -0.39 is 0 Å². The monoisotopic (exact) mass is 218 g/mol. The van der Waals surface area contributed by atoms with E-state index in [-0.39, 0.29) is 0 Å². The first-order valence-electron chi connectivity index (χ1n) is 5.63. The molecule has 86 valence electrons. The van der Waals surface area contributed by atoms with Gasteiger partial charge < -0.3 is 10.6 Å². The average Bonchev–Trinajstić information content (AvgIpc) is 2.28. The highest BCUT2D eigenvalue weighted by Gasteiger charge is 2.11. The molecule has 4 heteroatoms. The number of aromatic nitrogens is 1. The molecule has 0 fully saturated rings. The van der Waals surface area contributed by atoms with Gasteiger partial charge in [-0.3, -0.25) is 0 Å². The zero-order valence-corrected chi connectivity index (χ0v) is 9.90. The molecule has 4 nitrogen and oxygen atoms in total. The summed E-state index contributed by atoms with van der Waals surface area (Å²) in [6.07, 6.45) is 3.68. The van der Waals surface area contributed by atoms with Crippen LogP contribution in [0.1, 0.15) is 32.3 Å². The molecule has 0 saturated carbocycles. The first-order chi connectivity index (χ1) is 7.72. The van der Waals surface area contributed by atoms with E-state index in [0.717, 1.165) is 31.7 Å². The third-order valence-electron chi connectivity index (χ3n) is 2.29. The van der Waals surface area contributed by atoms with Crippen molar-refractivity contribution in [3.05, 3.63) is 17.8 Å². The predicted octanol–water partition coefficient (Wildman–Crippen LogP) is 2.16. The molecule has 1 heterocycles. The van der Waals surface area contributed by atoms with E-state index in [1.165, 1.54) is 0 Å². The number of rotatable bonds is 5. The van der Waals surface area contributed by atoms with E-state index >= 15 is 0 Å². The summed E-state index contributed by atoms with van der Waals surface area (Å²) >= 11 is 0. The van der Waals surface area contributed by atoms with Crippen molar-refractivity contribution in [1.82, 2.24) is 4.98 Å². The van der Waals surface area contributed by atoms with Gasteiger partial charge in [-0.15, -0.1) is 0 Å². The molecule has 0 aliphatic rings. The highest BCUT2D eigenvalue weighted by Crippen LogP contribution is 2.19. The summed E-state index contributed by atoms with van der Waals surface area (Å²) in [4.78, 5) is 6.40. The highest BCUT2D eigenvalue weighted by atomic mass is 15.2. The van der Waals surface area contributed by atoms with Crippen LogP contribution in [0.25, 0.3) is 0 Å². The molecule has 1 aromatic rings. The number of nitriles is 1. The van der Waals surface area contributed by atoms with Gasteiger partial charge in [0.1, 0.15) is 11.9 Å². The Morgan fingerprint density at radius 2 is 2.00 bits per heavy atom. The number of nitrogens with zero attached hydrogens (tertiary/aromatic N) is 3. The van der Waals surface area contributed by atoms with Crippen LogP contribution < -0.4 is 10.6 Å². The largest absolute Gasteiger partial charge is 0.397 e. The molecule has 0 amide bonds. The van der Waals surface area contributed by atoms with Crippen LogP contribution >= 0.6 is 0 Å². The van der Waals surface area contributed by atoms with Crippen LogP contribution in [-0.2, 0) is 0 Å². The van der Waals surface area contributed by atoms with Gasteiger partial charge in [0.05, 0.1) is 17.4 Å². The lowest BCUT2D eigenvalue weighted by molar-refractivity contribution is 0.733. The van der Waals surface area contributed by atoms with Crippen LogP contribution in [0.3, 0.4) is 0 Å². The lowest BCUT2D eigenvalue weighted by atomic mass is 10.2. The Morgan fingerprint density at radius 3 is 2.50 bits per heavy atom. The van der Waals surface area contributed by atoms with Crippen LogP contribution in [0, 0.1) is 11.3 Å². The maximum Gasteiger partial charge on any atom is 0.146 e. The third kappa shape index (κ3) is 2.86. The third-order valence-corrected chi connectivity index (χ3v) is 2.29. The molecule has 0 aliphatic heterocycles. The lowest BCUT2D eigenvalue weighted by Gasteiger charge is -2.23. The SMILES string of the molecule is CCCN(CCC)c1ncc(N)cc1C#N. The standard InChI is InChI=1S/C12H18N4/c1-3-5-16(6-4-2)12-10(8-13)7-11(14)9-15-12/h7,9H,3-6,14H2,1-2H3. The number of pyridine rings is 1. The summed E-state index contributed by atoms with van der Waals surface area (Å²) < 4.78 is 0. The van der Waals surface area contributed by atoms with Crippen molar-refractivity contribution in [2.24, 2.45) is 0 Å². The molecule has 2 N–H and O–H groups in total. The molecular formula is C12H18N4. The van der Waals surface area contributed by atoms with Crippen molar-refractivity contribution in [3.63, 3.8) is 0 Å². The molecule has 0 radical (unpaired) electrons. The molecule has 0 aromatic carbocycles. The number of hydrogen-bond acceptors (Lipinski definition) is 4. The van der Waals surface area contributed by atoms with Crippen molar-refractivity contribution in [2.45, 2.75) is 26.7 Å². The van der Waals surface area contributed by atoms with E-state index in [2.05, 4.69) is 29.8 Å². The van der Waals surface area contributed by atoms with Crippen LogP contribution in [0.2, 0.25) is 0 Å². The molecule has 1 rings (SSSR count). The molecule has 1 aromatic heterocycles. The first kappa shape index (κ1) is 12.3. The molecule has 0 spiro atoms. The molecule has 16 heavy (non-hydrogen) atoms. The Hall–Kier alpha value is -1.76. The summed E-state index contributed by atoms with van der Waals surface area (Å²) in [6, 6.07) is 3.83. The normalized spacial score (nSPS) is 9.81. The minimum absolute atomic E-state index is 0.535. The first-order valence-corrected chi connectivity index (χ1v) is 5.63. The van der Waals surface area contributed by atoms with Crippen LogP contribution in [0.5, 0.6) is 0 Å². The van der Waals surface area contributed by atoms with Crippen molar-refractivity contribution in [1.29, 1.82) is 5.26 Å². The molecule has 0 saturated heterocycles. The van der Waals surface area contributed by atoms with Gasteiger partial charge in [-0.25, -0.2) is 4.98 Å². The van der Waals surface area contributed by atoms with Crippen molar-refractivity contribution in [2.75, 3.05) is 23.7 Å². The van der Waals surface area contributed by atoms with Crippen LogP contribution in [-0.4, -0.2) is 18.1 Å². The quantitative estimate of drug-likeness (QED) is 0.822. The maximum atomic E-state index is 9.06. The maximum absolute atomic E-state index is 9.06. The summed E-state index contributed by atoms with van der Waals surface area (Å²) in [5.41, 5.74) is 6.71. The minimum atomic E-state index is 0.535. The predicted molar refractivity (Wildman–Crippen MR) is 66.2 cm³/mol. The Kier molecular flexibility index (Phi) is 4.59. The van der Waals surface area contributed by atoms with Crippen LogP contribution in [0.4, 0.5) is 11.5 Å². The topological polar surface area (TPSA) is 65.9 Å². The smallest absolute Gasteiger partial charge is 0.146 e. The van der Waals surface area contributed by atoms with E-state index in [1.807, 2.05) is 0 Å². The van der Waals surface area contributed by atoms with E-state index in [0.29, 0.717) is 11.3 Å². The molecule has 0 unspecified atom stereocenters. The Labute approximate surface area is 96.7 Å². The van der Waals surface area contributed by atoms with Crippen molar-refractivity contribution < 1.29 is 0 Å². The second-order valence-corrected chi connectivity index (χ2v) is 3.74. The summed E-state index contributed by atoms with van der Waals surface area (Å²) in [5, 5.41) is 9.06. The fraction of sp³-hybridized carbons (Fsp3) is 0.500. The number of anilines is 2. The van der Waals surface area contributed by atoms with E-state index in [9.17, 15) is 0 Å². The van der Waals surface area contributed by atoms with Gasteiger partial charge >= 0.3 is 0 Å². The highest BCUT2D eigenvalue weighted by molar-refractivity contribution is 5.58. The van der Waals surface area contributed by atoms with E-state index in [1.54, 1.807) is 12.3 Å². The molecule has 0 bridgehead atoms. The van der Waals surface area contributed by atoms with Crippen molar-refractivity contribution >= 4 is 11.5 Å². The van der Waals surface area contributed by atoms with Crippen molar-refractivity contribution in [3.8, 4) is 6.07 Å². The molecular weight excluding hydrogens is 200 g/mol. The fourth-order valence-electron chi connectivity index (χ4n) is 1.67. The van der Waals surface area contributed by atoms with Gasteiger partial charge in [-0.2, -0.15) is 5.26 Å². The minimum Gasteiger partial charge on any atom is -0.397 e. The second-order valence-electron chi connectivity index (χ2n) is 3.74. The number of nitrogen functional groups attached to an aromatic ring is 1. The fourth-order valence-corrected chi connectivity index (χ4v) is 1.67. The Morgan fingerprint density at radius 1 is 1.38 bits per heavy atom.